The van der Waals surface area contributed by atoms with Gasteiger partial charge in [-0.2, -0.15) is 0 Å². The summed E-state index contributed by atoms with van der Waals surface area (Å²) in [6.45, 7) is 10.8. The summed E-state index contributed by atoms with van der Waals surface area (Å²) in [6.07, 6.45) is 1.24. The summed E-state index contributed by atoms with van der Waals surface area (Å²) >= 11 is 0. The van der Waals surface area contributed by atoms with Crippen molar-refractivity contribution < 1.29 is 0 Å². The number of rotatable bonds is 0. The summed E-state index contributed by atoms with van der Waals surface area (Å²) < 4.78 is 0. The van der Waals surface area contributed by atoms with E-state index in [2.05, 4.69) is 27.4 Å². The highest BCUT2D eigenvalue weighted by Gasteiger charge is 2.38. The van der Waals surface area contributed by atoms with E-state index in [1.54, 1.807) is 0 Å². The summed E-state index contributed by atoms with van der Waals surface area (Å²) in [5, 5.41) is 0. The van der Waals surface area contributed by atoms with E-state index in [-0.39, 0.29) is 0 Å². The van der Waals surface area contributed by atoms with Crippen LogP contribution in [0.25, 0.3) is 0 Å². The summed E-state index contributed by atoms with van der Waals surface area (Å²) in [4.78, 5) is 0. The van der Waals surface area contributed by atoms with Crippen molar-refractivity contribution in [2.24, 2.45) is 11.3 Å². The first kappa shape index (κ1) is 5.87. The van der Waals surface area contributed by atoms with Crippen LogP contribution >= 0.6 is 0 Å². The molecule has 1 unspecified atom stereocenters. The zero-order chi connectivity index (χ0) is 6.36. The van der Waals surface area contributed by atoms with E-state index in [9.17, 15) is 0 Å². The van der Waals surface area contributed by atoms with Crippen LogP contribution in [0.5, 0.6) is 0 Å². The van der Waals surface area contributed by atoms with E-state index >= 15 is 0 Å². The predicted octanol–water partition coefficient (Wildman–Crippen LogP) is 2.61. The van der Waals surface area contributed by atoms with Gasteiger partial charge in [0.1, 0.15) is 0 Å². The average molecular weight is 110 g/mol. The lowest BCUT2D eigenvalue weighted by Crippen LogP contribution is -2.34. The zero-order valence-corrected chi connectivity index (χ0v) is 5.99. The minimum absolute atomic E-state index is 0.444. The van der Waals surface area contributed by atoms with Gasteiger partial charge in [-0.05, 0) is 17.8 Å². The molecule has 8 heavy (non-hydrogen) atoms. The Morgan fingerprint density at radius 2 is 2.12 bits per heavy atom. The molecule has 0 aromatic heterocycles. The van der Waals surface area contributed by atoms with Gasteiger partial charge in [0, 0.05) is 0 Å². The second-order valence-corrected chi connectivity index (χ2v) is 3.43. The summed E-state index contributed by atoms with van der Waals surface area (Å²) in [7, 11) is 0. The molecule has 0 aromatic carbocycles. The molecule has 0 spiro atoms. The SMILES string of the molecule is C=C1CC(C)C1(C)C. The first-order valence-electron chi connectivity index (χ1n) is 3.23. The molecule has 0 radical (unpaired) electrons. The molecule has 0 N–H and O–H groups in total. The topological polar surface area (TPSA) is 0 Å². The van der Waals surface area contributed by atoms with E-state index in [0.717, 1.165) is 5.92 Å². The minimum atomic E-state index is 0.444. The molecule has 1 aliphatic carbocycles. The minimum Gasteiger partial charge on any atom is -0.0993 e. The fourth-order valence-corrected chi connectivity index (χ4v) is 1.11. The van der Waals surface area contributed by atoms with Crippen LogP contribution < -0.4 is 0 Å². The fourth-order valence-electron chi connectivity index (χ4n) is 1.11. The van der Waals surface area contributed by atoms with Crippen molar-refractivity contribution in [1.82, 2.24) is 0 Å². The van der Waals surface area contributed by atoms with Crippen molar-refractivity contribution >= 4 is 0 Å². The molecule has 1 aliphatic rings. The Hall–Kier alpha value is -0.260. The molecule has 1 atom stereocenters. The van der Waals surface area contributed by atoms with Gasteiger partial charge >= 0.3 is 0 Å². The highest BCUT2D eigenvalue weighted by Crippen LogP contribution is 2.49. The highest BCUT2D eigenvalue weighted by molar-refractivity contribution is 5.19. The van der Waals surface area contributed by atoms with E-state index in [1.807, 2.05) is 0 Å². The normalized spacial score (nSPS) is 34.4. The third kappa shape index (κ3) is 0.521. The maximum Gasteiger partial charge on any atom is -0.0119 e. The van der Waals surface area contributed by atoms with Gasteiger partial charge in [-0.15, -0.1) is 0 Å². The van der Waals surface area contributed by atoms with Crippen molar-refractivity contribution in [3.05, 3.63) is 12.2 Å². The Morgan fingerprint density at radius 3 is 2.12 bits per heavy atom. The Bertz CT molecular complexity index is 120. The Kier molecular flexibility index (Phi) is 1.00. The molecule has 1 saturated carbocycles. The first-order chi connectivity index (χ1) is 3.55. The Labute approximate surface area is 51.6 Å². The van der Waals surface area contributed by atoms with Gasteiger partial charge in [0.2, 0.25) is 0 Å². The molecule has 0 bridgehead atoms. The Balaban J connectivity index is 2.66. The molecule has 0 aliphatic heterocycles. The van der Waals surface area contributed by atoms with Crippen molar-refractivity contribution in [1.29, 1.82) is 0 Å². The predicted molar refractivity (Wildman–Crippen MR) is 36.7 cm³/mol. The van der Waals surface area contributed by atoms with Crippen LogP contribution in [0.1, 0.15) is 27.2 Å². The lowest BCUT2D eigenvalue weighted by Gasteiger charge is -2.45. The zero-order valence-electron chi connectivity index (χ0n) is 5.99. The van der Waals surface area contributed by atoms with Crippen LogP contribution in [0.2, 0.25) is 0 Å². The van der Waals surface area contributed by atoms with Crippen LogP contribution in [0.15, 0.2) is 12.2 Å². The van der Waals surface area contributed by atoms with Crippen molar-refractivity contribution in [2.75, 3.05) is 0 Å². The van der Waals surface area contributed by atoms with Crippen LogP contribution in [0.3, 0.4) is 0 Å². The maximum absolute atomic E-state index is 3.96. The maximum atomic E-state index is 3.96. The molecule has 0 amide bonds. The van der Waals surface area contributed by atoms with Crippen LogP contribution in [0, 0.1) is 11.3 Å². The van der Waals surface area contributed by atoms with E-state index in [0.29, 0.717) is 5.41 Å². The van der Waals surface area contributed by atoms with Crippen molar-refractivity contribution in [3.8, 4) is 0 Å². The highest BCUT2D eigenvalue weighted by atomic mass is 14.4. The lowest BCUT2D eigenvalue weighted by atomic mass is 9.60. The monoisotopic (exact) mass is 110 g/mol. The van der Waals surface area contributed by atoms with Crippen molar-refractivity contribution in [3.63, 3.8) is 0 Å². The quantitative estimate of drug-likeness (QED) is 0.420. The lowest BCUT2D eigenvalue weighted by molar-refractivity contribution is 0.188. The van der Waals surface area contributed by atoms with Crippen molar-refractivity contribution in [2.45, 2.75) is 27.2 Å². The van der Waals surface area contributed by atoms with Crippen LogP contribution in [0.4, 0.5) is 0 Å². The van der Waals surface area contributed by atoms with Gasteiger partial charge in [0.15, 0.2) is 0 Å². The van der Waals surface area contributed by atoms with Crippen LogP contribution in [-0.4, -0.2) is 0 Å². The van der Waals surface area contributed by atoms with E-state index in [4.69, 9.17) is 0 Å². The molecule has 0 aromatic rings. The molecule has 1 fully saturated rings. The average Bonchev–Trinajstić information content (AvgIpc) is 1.68. The number of hydrogen-bond acceptors (Lipinski definition) is 0. The molecule has 0 saturated heterocycles. The summed E-state index contributed by atoms with van der Waals surface area (Å²) in [5.74, 6) is 0.856. The number of allylic oxidation sites excluding steroid dienone is 1. The molecular formula is C8H14. The smallest absolute Gasteiger partial charge is 0.0119 e. The summed E-state index contributed by atoms with van der Waals surface area (Å²) in [5.41, 5.74) is 1.87. The van der Waals surface area contributed by atoms with Gasteiger partial charge < -0.3 is 0 Å². The van der Waals surface area contributed by atoms with Gasteiger partial charge in [0.25, 0.3) is 0 Å². The second-order valence-electron chi connectivity index (χ2n) is 3.43. The molecule has 0 nitrogen and oxygen atoms in total. The van der Waals surface area contributed by atoms with E-state index in [1.165, 1.54) is 12.0 Å². The first-order valence-corrected chi connectivity index (χ1v) is 3.23. The van der Waals surface area contributed by atoms with Crippen LogP contribution in [-0.2, 0) is 0 Å². The third-order valence-electron chi connectivity index (χ3n) is 2.70. The Morgan fingerprint density at radius 1 is 1.62 bits per heavy atom. The third-order valence-corrected chi connectivity index (χ3v) is 2.70. The number of hydrogen-bond donors (Lipinski definition) is 0. The largest absolute Gasteiger partial charge is 0.0993 e. The second kappa shape index (κ2) is 1.37. The van der Waals surface area contributed by atoms with E-state index < -0.39 is 0 Å². The van der Waals surface area contributed by atoms with Gasteiger partial charge in [-0.3, -0.25) is 0 Å². The molecule has 0 heteroatoms. The summed E-state index contributed by atoms with van der Waals surface area (Å²) in [6, 6.07) is 0. The van der Waals surface area contributed by atoms with Gasteiger partial charge in [-0.1, -0.05) is 32.9 Å². The molecule has 0 heterocycles. The fraction of sp³-hybridized carbons (Fsp3) is 0.750. The van der Waals surface area contributed by atoms with Gasteiger partial charge in [0.05, 0.1) is 0 Å². The van der Waals surface area contributed by atoms with Gasteiger partial charge in [-0.25, -0.2) is 0 Å². The molecular weight excluding hydrogens is 96.1 g/mol. The molecule has 46 valence electrons. The standard InChI is InChI=1S/C8H14/c1-6-5-7(2)8(6,3)4/h7H,1,5H2,2-4H3. The molecule has 1 rings (SSSR count).